The van der Waals surface area contributed by atoms with Crippen LogP contribution in [0.3, 0.4) is 0 Å². The quantitative estimate of drug-likeness (QED) is 0.871. The molecule has 27 heavy (non-hydrogen) atoms. The molecule has 0 saturated carbocycles. The van der Waals surface area contributed by atoms with Gasteiger partial charge >= 0.3 is 5.97 Å². The van der Waals surface area contributed by atoms with E-state index in [9.17, 15) is 18.3 Å². The van der Waals surface area contributed by atoms with Crippen molar-refractivity contribution in [3.8, 4) is 11.1 Å². The Hall–Kier alpha value is -2.22. The standard InChI is InChI=1S/C20H24N2O4S/c1-14-8-15(2)10-16(9-14)17-11-18(20(23)24)13-19(12-17)27(25,26)22-6-4-21(3)5-7-22/h8-13H,4-7H2,1-3H3,(H,23,24). The minimum absolute atomic E-state index is 0.0284. The zero-order valence-electron chi connectivity index (χ0n) is 15.8. The smallest absolute Gasteiger partial charge is 0.335 e. The largest absolute Gasteiger partial charge is 0.478 e. The van der Waals surface area contributed by atoms with Crippen LogP contribution < -0.4 is 0 Å². The third-order valence-electron chi connectivity index (χ3n) is 4.81. The summed E-state index contributed by atoms with van der Waals surface area (Å²) in [5.74, 6) is -1.14. The van der Waals surface area contributed by atoms with Gasteiger partial charge in [-0.1, -0.05) is 29.3 Å². The highest BCUT2D eigenvalue weighted by Crippen LogP contribution is 2.28. The van der Waals surface area contributed by atoms with E-state index in [1.54, 1.807) is 6.07 Å². The van der Waals surface area contributed by atoms with Crippen LogP contribution in [0.4, 0.5) is 0 Å². The van der Waals surface area contributed by atoms with Crippen LogP contribution in [0.5, 0.6) is 0 Å². The maximum atomic E-state index is 13.1. The SMILES string of the molecule is Cc1cc(C)cc(-c2cc(C(=O)O)cc(S(=O)(=O)N3CCN(C)CC3)c2)c1. The van der Waals surface area contributed by atoms with Crippen molar-refractivity contribution in [3.05, 3.63) is 53.1 Å². The molecule has 1 aliphatic rings. The fourth-order valence-electron chi connectivity index (χ4n) is 3.36. The number of carboxylic acid groups (broad SMARTS) is 1. The Morgan fingerprint density at radius 1 is 0.889 bits per heavy atom. The fourth-order valence-corrected chi connectivity index (χ4v) is 4.85. The van der Waals surface area contributed by atoms with Gasteiger partial charge < -0.3 is 10.0 Å². The zero-order valence-corrected chi connectivity index (χ0v) is 16.6. The summed E-state index contributed by atoms with van der Waals surface area (Å²) in [6, 6.07) is 10.2. The first-order valence-electron chi connectivity index (χ1n) is 8.82. The number of rotatable bonds is 4. The number of carboxylic acids is 1. The molecule has 0 unspecified atom stereocenters. The number of aryl methyl sites for hydroxylation is 2. The summed E-state index contributed by atoms with van der Waals surface area (Å²) in [6.07, 6.45) is 0. The van der Waals surface area contributed by atoms with E-state index in [0.29, 0.717) is 31.7 Å². The molecule has 2 aromatic rings. The lowest BCUT2D eigenvalue weighted by atomic mass is 9.99. The number of hydrogen-bond donors (Lipinski definition) is 1. The van der Waals surface area contributed by atoms with Gasteiger partial charge in [0, 0.05) is 26.2 Å². The molecule has 3 rings (SSSR count). The van der Waals surface area contributed by atoms with Gasteiger partial charge in [0.05, 0.1) is 10.5 Å². The number of hydrogen-bond acceptors (Lipinski definition) is 4. The molecule has 1 N–H and O–H groups in total. The minimum Gasteiger partial charge on any atom is -0.478 e. The Morgan fingerprint density at radius 2 is 1.44 bits per heavy atom. The normalized spacial score (nSPS) is 16.4. The van der Waals surface area contributed by atoms with Crippen molar-refractivity contribution >= 4 is 16.0 Å². The lowest BCUT2D eigenvalue weighted by Crippen LogP contribution is -2.47. The summed E-state index contributed by atoms with van der Waals surface area (Å²) in [5, 5.41) is 9.49. The van der Waals surface area contributed by atoms with Crippen molar-refractivity contribution in [2.24, 2.45) is 0 Å². The van der Waals surface area contributed by atoms with Crippen molar-refractivity contribution in [2.45, 2.75) is 18.7 Å². The number of carbonyl (C=O) groups is 1. The van der Waals surface area contributed by atoms with E-state index >= 15 is 0 Å². The molecule has 0 aliphatic carbocycles. The third kappa shape index (κ3) is 4.21. The summed E-state index contributed by atoms with van der Waals surface area (Å²) in [6.45, 7) is 6.02. The van der Waals surface area contributed by atoms with E-state index < -0.39 is 16.0 Å². The number of nitrogens with zero attached hydrogens (tertiary/aromatic N) is 2. The van der Waals surface area contributed by atoms with Crippen molar-refractivity contribution in [1.29, 1.82) is 0 Å². The van der Waals surface area contributed by atoms with Crippen LogP contribution in [0.15, 0.2) is 41.3 Å². The Bertz CT molecular complexity index is 957. The maximum absolute atomic E-state index is 13.1. The van der Waals surface area contributed by atoms with Crippen LogP contribution in [0, 0.1) is 13.8 Å². The minimum atomic E-state index is -3.75. The van der Waals surface area contributed by atoms with E-state index in [-0.39, 0.29) is 10.5 Å². The Morgan fingerprint density at radius 3 is 2.00 bits per heavy atom. The van der Waals surface area contributed by atoms with E-state index in [0.717, 1.165) is 16.7 Å². The number of sulfonamides is 1. The molecule has 1 fully saturated rings. The number of piperazine rings is 1. The molecule has 0 atom stereocenters. The summed E-state index contributed by atoms with van der Waals surface area (Å²) < 4.78 is 27.6. The average Bonchev–Trinajstić information content (AvgIpc) is 2.61. The molecule has 0 aromatic heterocycles. The zero-order chi connectivity index (χ0) is 19.8. The Labute approximate surface area is 160 Å². The van der Waals surface area contributed by atoms with Gasteiger partial charge in [-0.25, -0.2) is 13.2 Å². The first-order valence-corrected chi connectivity index (χ1v) is 10.3. The van der Waals surface area contributed by atoms with Gasteiger partial charge in [0.2, 0.25) is 10.0 Å². The summed E-state index contributed by atoms with van der Waals surface area (Å²) >= 11 is 0. The van der Waals surface area contributed by atoms with E-state index in [1.807, 2.05) is 39.1 Å². The Balaban J connectivity index is 2.10. The lowest BCUT2D eigenvalue weighted by Gasteiger charge is -2.31. The van der Waals surface area contributed by atoms with Gasteiger partial charge in [-0.3, -0.25) is 0 Å². The van der Waals surface area contributed by atoms with Crippen LogP contribution in [0.2, 0.25) is 0 Å². The van der Waals surface area contributed by atoms with Gasteiger partial charge in [-0.15, -0.1) is 0 Å². The molecule has 0 spiro atoms. The molecule has 0 radical (unpaired) electrons. The molecule has 144 valence electrons. The molecule has 0 bridgehead atoms. The van der Waals surface area contributed by atoms with Crippen LogP contribution in [0.25, 0.3) is 11.1 Å². The second-order valence-corrected chi connectivity index (χ2v) is 9.07. The molecule has 6 nitrogen and oxygen atoms in total. The number of benzene rings is 2. The second kappa shape index (κ2) is 7.42. The first-order chi connectivity index (χ1) is 12.7. The molecule has 2 aromatic carbocycles. The van der Waals surface area contributed by atoms with Crippen LogP contribution in [-0.2, 0) is 10.0 Å². The molecular formula is C20H24N2O4S. The van der Waals surface area contributed by atoms with Crippen LogP contribution >= 0.6 is 0 Å². The fraction of sp³-hybridized carbons (Fsp3) is 0.350. The van der Waals surface area contributed by atoms with E-state index in [2.05, 4.69) is 4.90 Å². The first kappa shape index (κ1) is 19.5. The van der Waals surface area contributed by atoms with Gasteiger partial charge in [-0.05, 0) is 50.2 Å². The van der Waals surface area contributed by atoms with Gasteiger partial charge in [0.1, 0.15) is 0 Å². The van der Waals surface area contributed by atoms with Gasteiger partial charge in [0.15, 0.2) is 0 Å². The average molecular weight is 388 g/mol. The highest BCUT2D eigenvalue weighted by molar-refractivity contribution is 7.89. The molecule has 1 aliphatic heterocycles. The predicted octanol–water partition coefficient (Wildman–Crippen LogP) is 2.60. The van der Waals surface area contributed by atoms with E-state index in [1.165, 1.54) is 16.4 Å². The predicted molar refractivity (Wildman–Crippen MR) is 105 cm³/mol. The molecule has 1 heterocycles. The van der Waals surface area contributed by atoms with Crippen LogP contribution in [-0.4, -0.2) is 61.9 Å². The summed E-state index contributed by atoms with van der Waals surface area (Å²) in [4.78, 5) is 13.7. The van der Waals surface area contributed by atoms with Crippen LogP contribution in [0.1, 0.15) is 21.5 Å². The second-order valence-electron chi connectivity index (χ2n) is 7.13. The molecule has 7 heteroatoms. The highest BCUT2D eigenvalue weighted by Gasteiger charge is 2.28. The van der Waals surface area contributed by atoms with Gasteiger partial charge in [-0.2, -0.15) is 4.31 Å². The molecule has 0 amide bonds. The van der Waals surface area contributed by atoms with E-state index in [4.69, 9.17) is 0 Å². The maximum Gasteiger partial charge on any atom is 0.335 e. The van der Waals surface area contributed by atoms with Crippen molar-refractivity contribution in [1.82, 2.24) is 9.21 Å². The number of aromatic carboxylic acids is 1. The monoisotopic (exact) mass is 388 g/mol. The van der Waals surface area contributed by atoms with Gasteiger partial charge in [0.25, 0.3) is 0 Å². The van der Waals surface area contributed by atoms with Crippen molar-refractivity contribution in [3.63, 3.8) is 0 Å². The molecule has 1 saturated heterocycles. The topological polar surface area (TPSA) is 77.9 Å². The summed E-state index contributed by atoms with van der Waals surface area (Å²) in [5.41, 5.74) is 3.45. The lowest BCUT2D eigenvalue weighted by molar-refractivity contribution is 0.0696. The highest BCUT2D eigenvalue weighted by atomic mass is 32.2. The summed E-state index contributed by atoms with van der Waals surface area (Å²) in [7, 11) is -1.80. The number of likely N-dealkylation sites (N-methyl/N-ethyl adjacent to an activating group) is 1. The van der Waals surface area contributed by atoms with Crippen molar-refractivity contribution in [2.75, 3.05) is 33.2 Å². The van der Waals surface area contributed by atoms with Crippen molar-refractivity contribution < 1.29 is 18.3 Å². The molecular weight excluding hydrogens is 364 g/mol. The Kier molecular flexibility index (Phi) is 5.37. The third-order valence-corrected chi connectivity index (χ3v) is 6.68.